The molecule has 4 nitrogen and oxygen atoms in total. The van der Waals surface area contributed by atoms with Crippen molar-refractivity contribution in [3.8, 4) is 0 Å². The molecule has 2 atom stereocenters. The van der Waals surface area contributed by atoms with Crippen molar-refractivity contribution in [3.05, 3.63) is 0 Å². The van der Waals surface area contributed by atoms with Crippen LogP contribution in [0.4, 0.5) is 4.79 Å². The van der Waals surface area contributed by atoms with Crippen molar-refractivity contribution in [1.29, 1.82) is 0 Å². The zero-order chi connectivity index (χ0) is 10.1. The van der Waals surface area contributed by atoms with E-state index in [0.717, 1.165) is 12.8 Å². The van der Waals surface area contributed by atoms with Crippen molar-refractivity contribution >= 4 is 6.03 Å². The van der Waals surface area contributed by atoms with E-state index in [4.69, 9.17) is 4.74 Å². The highest BCUT2D eigenvalue weighted by molar-refractivity contribution is 5.75. The van der Waals surface area contributed by atoms with Crippen LogP contribution in [0.25, 0.3) is 0 Å². The molecule has 1 heterocycles. The zero-order valence-electron chi connectivity index (χ0n) is 8.82. The predicted molar refractivity (Wildman–Crippen MR) is 53.1 cm³/mol. The second-order valence-electron chi connectivity index (χ2n) is 4.37. The third kappa shape index (κ3) is 2.00. The third-order valence-corrected chi connectivity index (χ3v) is 2.81. The minimum atomic E-state index is 0.0794. The first-order valence-electron chi connectivity index (χ1n) is 5.35. The van der Waals surface area contributed by atoms with Gasteiger partial charge in [-0.15, -0.1) is 0 Å². The molecule has 1 N–H and O–H groups in total. The van der Waals surface area contributed by atoms with Gasteiger partial charge in [-0.3, -0.25) is 0 Å². The SMILES string of the molecule is CC1COCC(C)N1C(=O)NC1CC1. The number of amides is 2. The van der Waals surface area contributed by atoms with Crippen molar-refractivity contribution < 1.29 is 9.53 Å². The topological polar surface area (TPSA) is 41.6 Å². The molecular formula is C10H18N2O2. The summed E-state index contributed by atoms with van der Waals surface area (Å²) in [6, 6.07) is 0.899. The van der Waals surface area contributed by atoms with E-state index in [2.05, 4.69) is 5.32 Å². The van der Waals surface area contributed by atoms with Gasteiger partial charge in [-0.1, -0.05) is 0 Å². The standard InChI is InChI=1S/C10H18N2O2/c1-7-5-14-6-8(2)12(7)10(13)11-9-3-4-9/h7-9H,3-6H2,1-2H3,(H,11,13). The van der Waals surface area contributed by atoms with Gasteiger partial charge in [-0.2, -0.15) is 0 Å². The molecule has 2 aliphatic rings. The second-order valence-corrected chi connectivity index (χ2v) is 4.37. The largest absolute Gasteiger partial charge is 0.377 e. The number of rotatable bonds is 1. The van der Waals surface area contributed by atoms with Gasteiger partial charge < -0.3 is 15.0 Å². The molecule has 0 bridgehead atoms. The summed E-state index contributed by atoms with van der Waals surface area (Å²) in [6.45, 7) is 5.37. The van der Waals surface area contributed by atoms with Crippen LogP contribution in [-0.4, -0.2) is 42.3 Å². The Bertz CT molecular complexity index is 218. The molecule has 80 valence electrons. The van der Waals surface area contributed by atoms with Gasteiger partial charge in [0.1, 0.15) is 0 Å². The highest BCUT2D eigenvalue weighted by atomic mass is 16.5. The van der Waals surface area contributed by atoms with Crippen LogP contribution in [0.3, 0.4) is 0 Å². The lowest BCUT2D eigenvalue weighted by molar-refractivity contribution is -0.0141. The van der Waals surface area contributed by atoms with E-state index in [-0.39, 0.29) is 18.1 Å². The van der Waals surface area contributed by atoms with Crippen LogP contribution in [-0.2, 0) is 4.74 Å². The maximum atomic E-state index is 11.8. The van der Waals surface area contributed by atoms with E-state index >= 15 is 0 Å². The molecule has 0 aromatic heterocycles. The summed E-state index contributed by atoms with van der Waals surface area (Å²) in [5, 5.41) is 3.02. The Kier molecular flexibility index (Phi) is 2.63. The Hall–Kier alpha value is -0.770. The van der Waals surface area contributed by atoms with Crippen LogP contribution in [0.15, 0.2) is 0 Å². The summed E-state index contributed by atoms with van der Waals surface area (Å²) in [5.74, 6) is 0. The van der Waals surface area contributed by atoms with Crippen LogP contribution < -0.4 is 5.32 Å². The molecule has 1 saturated carbocycles. The molecule has 4 heteroatoms. The fraction of sp³-hybridized carbons (Fsp3) is 0.900. The number of carbonyl (C=O) groups is 1. The van der Waals surface area contributed by atoms with Crippen LogP contribution >= 0.6 is 0 Å². The van der Waals surface area contributed by atoms with Crippen LogP contribution in [0, 0.1) is 0 Å². The summed E-state index contributed by atoms with van der Waals surface area (Å²) in [4.78, 5) is 13.7. The van der Waals surface area contributed by atoms with Crippen molar-refractivity contribution in [2.45, 2.75) is 44.8 Å². The predicted octanol–water partition coefficient (Wildman–Crippen LogP) is 0.968. The average molecular weight is 198 g/mol. The van der Waals surface area contributed by atoms with Crippen LogP contribution in [0.2, 0.25) is 0 Å². The molecule has 2 amide bonds. The summed E-state index contributed by atoms with van der Waals surface area (Å²) >= 11 is 0. The van der Waals surface area contributed by atoms with E-state index in [1.807, 2.05) is 18.7 Å². The van der Waals surface area contributed by atoms with Gasteiger partial charge in [0, 0.05) is 6.04 Å². The molecule has 0 radical (unpaired) electrons. The van der Waals surface area contributed by atoms with Gasteiger partial charge in [0.05, 0.1) is 25.3 Å². The minimum Gasteiger partial charge on any atom is -0.377 e. The maximum absolute atomic E-state index is 11.8. The molecule has 2 rings (SSSR count). The van der Waals surface area contributed by atoms with E-state index in [0.29, 0.717) is 19.3 Å². The molecular weight excluding hydrogens is 180 g/mol. The van der Waals surface area contributed by atoms with Crippen molar-refractivity contribution in [2.75, 3.05) is 13.2 Å². The Morgan fingerprint density at radius 3 is 2.36 bits per heavy atom. The normalized spacial score (nSPS) is 32.9. The Morgan fingerprint density at radius 1 is 1.29 bits per heavy atom. The molecule has 14 heavy (non-hydrogen) atoms. The molecule has 2 unspecified atom stereocenters. The highest BCUT2D eigenvalue weighted by Crippen LogP contribution is 2.20. The van der Waals surface area contributed by atoms with E-state index in [1.54, 1.807) is 0 Å². The third-order valence-electron chi connectivity index (χ3n) is 2.81. The molecule has 1 saturated heterocycles. The zero-order valence-corrected chi connectivity index (χ0v) is 8.82. The van der Waals surface area contributed by atoms with Gasteiger partial charge in [-0.25, -0.2) is 4.79 Å². The van der Waals surface area contributed by atoms with Gasteiger partial charge in [0.2, 0.25) is 0 Å². The lowest BCUT2D eigenvalue weighted by Crippen LogP contribution is -2.56. The number of morpholine rings is 1. The fourth-order valence-corrected chi connectivity index (χ4v) is 1.88. The number of carbonyl (C=O) groups excluding carboxylic acids is 1. The smallest absolute Gasteiger partial charge is 0.318 e. The van der Waals surface area contributed by atoms with Crippen molar-refractivity contribution in [1.82, 2.24) is 10.2 Å². The number of hydrogen-bond acceptors (Lipinski definition) is 2. The number of hydrogen-bond donors (Lipinski definition) is 1. The summed E-state index contributed by atoms with van der Waals surface area (Å²) < 4.78 is 5.37. The number of nitrogens with zero attached hydrogens (tertiary/aromatic N) is 1. The quantitative estimate of drug-likeness (QED) is 0.682. The maximum Gasteiger partial charge on any atom is 0.318 e. The molecule has 2 fully saturated rings. The van der Waals surface area contributed by atoms with E-state index < -0.39 is 0 Å². The van der Waals surface area contributed by atoms with Crippen molar-refractivity contribution in [2.24, 2.45) is 0 Å². The lowest BCUT2D eigenvalue weighted by Gasteiger charge is -2.38. The summed E-state index contributed by atoms with van der Waals surface area (Å²) in [6.07, 6.45) is 2.28. The monoisotopic (exact) mass is 198 g/mol. The van der Waals surface area contributed by atoms with Crippen LogP contribution in [0.1, 0.15) is 26.7 Å². The highest BCUT2D eigenvalue weighted by Gasteiger charge is 2.32. The second kappa shape index (κ2) is 3.77. The Balaban J connectivity index is 1.93. The van der Waals surface area contributed by atoms with Gasteiger partial charge in [0.15, 0.2) is 0 Å². The molecule has 0 aromatic carbocycles. The Morgan fingerprint density at radius 2 is 1.86 bits per heavy atom. The van der Waals surface area contributed by atoms with Crippen LogP contribution in [0.5, 0.6) is 0 Å². The first-order valence-corrected chi connectivity index (χ1v) is 5.35. The van der Waals surface area contributed by atoms with E-state index in [1.165, 1.54) is 0 Å². The Labute approximate surface area is 84.6 Å². The first kappa shape index (κ1) is 9.77. The van der Waals surface area contributed by atoms with Gasteiger partial charge >= 0.3 is 6.03 Å². The number of ether oxygens (including phenoxy) is 1. The van der Waals surface area contributed by atoms with Gasteiger partial charge in [-0.05, 0) is 26.7 Å². The molecule has 1 aliphatic carbocycles. The molecule has 1 aliphatic heterocycles. The fourth-order valence-electron chi connectivity index (χ4n) is 1.88. The first-order chi connectivity index (χ1) is 6.68. The summed E-state index contributed by atoms with van der Waals surface area (Å²) in [5.41, 5.74) is 0. The molecule has 0 aromatic rings. The molecule has 0 spiro atoms. The van der Waals surface area contributed by atoms with Crippen molar-refractivity contribution in [3.63, 3.8) is 0 Å². The average Bonchev–Trinajstić information content (AvgIpc) is 2.87. The number of nitrogens with one attached hydrogen (secondary N) is 1. The number of urea groups is 1. The lowest BCUT2D eigenvalue weighted by atomic mass is 10.2. The van der Waals surface area contributed by atoms with E-state index in [9.17, 15) is 4.79 Å². The minimum absolute atomic E-state index is 0.0794. The summed E-state index contributed by atoms with van der Waals surface area (Å²) in [7, 11) is 0. The van der Waals surface area contributed by atoms with Gasteiger partial charge in [0.25, 0.3) is 0 Å².